The molecule has 1 aliphatic heterocycles. The topological polar surface area (TPSA) is 97.8 Å². The highest BCUT2D eigenvalue weighted by atomic mass is 19.1. The van der Waals surface area contributed by atoms with Gasteiger partial charge in [0, 0.05) is 36.9 Å². The van der Waals surface area contributed by atoms with Gasteiger partial charge in [0.25, 0.3) is 0 Å². The predicted octanol–water partition coefficient (Wildman–Crippen LogP) is 2.03. The summed E-state index contributed by atoms with van der Waals surface area (Å²) in [5, 5.41) is 9.51. The zero-order chi connectivity index (χ0) is 19.5. The summed E-state index contributed by atoms with van der Waals surface area (Å²) in [6.45, 7) is 2.61. The van der Waals surface area contributed by atoms with Crippen LogP contribution in [0.1, 0.15) is 41.2 Å². The first kappa shape index (κ1) is 17.8. The number of aromatic carboxylic acids is 1. The molecule has 1 saturated carbocycles. The highest BCUT2D eigenvalue weighted by Crippen LogP contribution is 2.45. The molecule has 1 saturated heterocycles. The summed E-state index contributed by atoms with van der Waals surface area (Å²) in [6.07, 6.45) is 3.86. The third kappa shape index (κ3) is 2.66. The van der Waals surface area contributed by atoms with Gasteiger partial charge in [0.2, 0.25) is 5.43 Å². The third-order valence-electron chi connectivity index (χ3n) is 5.49. The molecule has 144 valence electrons. The van der Waals surface area contributed by atoms with Gasteiger partial charge in [0.15, 0.2) is 11.6 Å². The molecular formula is C19H22FN3O4. The van der Waals surface area contributed by atoms with E-state index in [0.29, 0.717) is 24.3 Å². The van der Waals surface area contributed by atoms with Crippen molar-refractivity contribution in [3.05, 3.63) is 33.4 Å². The average Bonchev–Trinajstić information content (AvgIpc) is 3.38. The molecule has 0 amide bonds. The first-order valence-electron chi connectivity index (χ1n) is 9.03. The number of pyridine rings is 1. The molecule has 2 aromatic rings. The number of nitrogens with two attached hydrogens (primary N) is 1. The summed E-state index contributed by atoms with van der Waals surface area (Å²) >= 11 is 0. The smallest absolute Gasteiger partial charge is 0.341 e. The predicted molar refractivity (Wildman–Crippen MR) is 99.5 cm³/mol. The average molecular weight is 375 g/mol. The Labute approximate surface area is 155 Å². The zero-order valence-corrected chi connectivity index (χ0v) is 15.3. The first-order chi connectivity index (χ1) is 12.8. The number of aryl methyl sites for hydroxylation is 1. The lowest BCUT2D eigenvalue weighted by Gasteiger charge is -2.25. The number of ether oxygens (including phenoxy) is 1. The van der Waals surface area contributed by atoms with E-state index in [-0.39, 0.29) is 34.3 Å². The summed E-state index contributed by atoms with van der Waals surface area (Å²) < 4.78 is 22.7. The summed E-state index contributed by atoms with van der Waals surface area (Å²) in [7, 11) is 1.44. The van der Waals surface area contributed by atoms with Crippen molar-refractivity contribution in [2.24, 2.45) is 5.73 Å². The number of nitrogens with zero attached hydrogens (tertiary/aromatic N) is 2. The standard InChI is InChI=1S/C19H22FN3O4/c1-9-13-15(23(11-3-4-11)8-12(17(13)24)19(25)26)18(27-2)16(14(9)20)22-6-5-10(21)7-22/h8,10-11H,3-7,21H2,1-2H3,(H,25,26). The number of hydrogen-bond acceptors (Lipinski definition) is 5. The van der Waals surface area contributed by atoms with Crippen molar-refractivity contribution in [3.63, 3.8) is 0 Å². The lowest BCUT2D eigenvalue weighted by atomic mass is 10.0. The SMILES string of the molecule is COc1c(N2CCC(N)C2)c(F)c(C)c2c(=O)c(C(=O)O)cn(C3CC3)c12. The molecule has 2 aliphatic rings. The maximum atomic E-state index is 15.4. The molecule has 7 nitrogen and oxygen atoms in total. The number of carboxylic acid groups (broad SMARTS) is 1. The number of rotatable bonds is 4. The largest absolute Gasteiger partial charge is 0.492 e. The van der Waals surface area contributed by atoms with Gasteiger partial charge in [-0.25, -0.2) is 9.18 Å². The number of fused-ring (bicyclic) bond motifs is 1. The van der Waals surface area contributed by atoms with Crippen LogP contribution in [0, 0.1) is 12.7 Å². The second kappa shape index (κ2) is 6.23. The molecule has 1 aromatic heterocycles. The number of halogens is 1. The van der Waals surface area contributed by atoms with Gasteiger partial charge in [-0.1, -0.05) is 0 Å². The van der Waals surface area contributed by atoms with E-state index in [1.807, 2.05) is 4.90 Å². The molecule has 1 aromatic carbocycles. The van der Waals surface area contributed by atoms with E-state index in [0.717, 1.165) is 19.3 Å². The van der Waals surface area contributed by atoms with Crippen LogP contribution < -0.4 is 20.8 Å². The molecule has 2 heterocycles. The fourth-order valence-electron chi connectivity index (χ4n) is 3.97. The van der Waals surface area contributed by atoms with E-state index in [1.165, 1.54) is 20.2 Å². The van der Waals surface area contributed by atoms with Crippen LogP contribution in [0.5, 0.6) is 5.75 Å². The maximum Gasteiger partial charge on any atom is 0.341 e. The van der Waals surface area contributed by atoms with Crippen LogP contribution in [0.4, 0.5) is 10.1 Å². The minimum absolute atomic E-state index is 0.0508. The fraction of sp³-hybridized carbons (Fsp3) is 0.474. The lowest BCUT2D eigenvalue weighted by Crippen LogP contribution is -2.28. The molecule has 0 spiro atoms. The van der Waals surface area contributed by atoms with E-state index in [1.54, 1.807) is 4.57 Å². The zero-order valence-electron chi connectivity index (χ0n) is 15.3. The second-order valence-electron chi connectivity index (χ2n) is 7.35. The normalized spacial score (nSPS) is 19.7. The Kier molecular flexibility index (Phi) is 4.10. The summed E-state index contributed by atoms with van der Waals surface area (Å²) in [4.78, 5) is 26.2. The van der Waals surface area contributed by atoms with Gasteiger partial charge < -0.3 is 25.0 Å². The number of methoxy groups -OCH3 is 1. The van der Waals surface area contributed by atoms with Gasteiger partial charge in [-0.2, -0.15) is 0 Å². The van der Waals surface area contributed by atoms with Gasteiger partial charge in [0.05, 0.1) is 18.0 Å². The summed E-state index contributed by atoms with van der Waals surface area (Å²) in [5.41, 5.74) is 5.86. The highest BCUT2D eigenvalue weighted by Gasteiger charge is 2.34. The van der Waals surface area contributed by atoms with Gasteiger partial charge >= 0.3 is 5.97 Å². The molecule has 8 heteroatoms. The molecule has 2 fully saturated rings. The van der Waals surface area contributed by atoms with Gasteiger partial charge in [-0.3, -0.25) is 4.79 Å². The van der Waals surface area contributed by atoms with Crippen LogP contribution in [0.15, 0.2) is 11.0 Å². The van der Waals surface area contributed by atoms with Gasteiger partial charge in [-0.15, -0.1) is 0 Å². The molecule has 1 unspecified atom stereocenters. The maximum absolute atomic E-state index is 15.4. The van der Waals surface area contributed by atoms with Crippen molar-refractivity contribution in [1.29, 1.82) is 0 Å². The van der Waals surface area contributed by atoms with Crippen molar-refractivity contribution in [1.82, 2.24) is 4.57 Å². The molecule has 3 N–H and O–H groups in total. The van der Waals surface area contributed by atoms with Crippen LogP contribution in [0.25, 0.3) is 10.9 Å². The Balaban J connectivity index is 2.13. The van der Waals surface area contributed by atoms with Crippen molar-refractivity contribution >= 4 is 22.6 Å². The Bertz CT molecular complexity index is 1010. The number of carboxylic acids is 1. The second-order valence-corrected chi connectivity index (χ2v) is 7.35. The number of carbonyl (C=O) groups is 1. The molecule has 0 bridgehead atoms. The molecule has 1 atom stereocenters. The number of aromatic nitrogens is 1. The Morgan fingerprint density at radius 1 is 1.37 bits per heavy atom. The monoisotopic (exact) mass is 375 g/mol. The first-order valence-corrected chi connectivity index (χ1v) is 9.03. The van der Waals surface area contributed by atoms with Crippen LogP contribution in [0.2, 0.25) is 0 Å². The molecule has 4 rings (SSSR count). The van der Waals surface area contributed by atoms with E-state index in [2.05, 4.69) is 0 Å². The third-order valence-corrected chi connectivity index (χ3v) is 5.49. The molecule has 27 heavy (non-hydrogen) atoms. The van der Waals surface area contributed by atoms with Crippen LogP contribution >= 0.6 is 0 Å². The molecular weight excluding hydrogens is 353 g/mol. The van der Waals surface area contributed by atoms with Gasteiger partial charge in [-0.05, 0) is 26.2 Å². The lowest BCUT2D eigenvalue weighted by molar-refractivity contribution is 0.0695. The Morgan fingerprint density at radius 3 is 2.59 bits per heavy atom. The number of anilines is 1. The van der Waals surface area contributed by atoms with Crippen molar-refractivity contribution in [3.8, 4) is 5.75 Å². The van der Waals surface area contributed by atoms with Crippen molar-refractivity contribution < 1.29 is 19.0 Å². The summed E-state index contributed by atoms with van der Waals surface area (Å²) in [6, 6.07) is 0.0313. The Hall–Kier alpha value is -2.61. The minimum atomic E-state index is -1.32. The number of benzene rings is 1. The van der Waals surface area contributed by atoms with E-state index >= 15 is 4.39 Å². The Morgan fingerprint density at radius 2 is 2.07 bits per heavy atom. The van der Waals surface area contributed by atoms with Crippen molar-refractivity contribution in [2.45, 2.75) is 38.3 Å². The van der Waals surface area contributed by atoms with Gasteiger partial charge in [0.1, 0.15) is 11.3 Å². The van der Waals surface area contributed by atoms with Crippen LogP contribution in [-0.2, 0) is 0 Å². The van der Waals surface area contributed by atoms with Crippen molar-refractivity contribution in [2.75, 3.05) is 25.1 Å². The quantitative estimate of drug-likeness (QED) is 0.849. The number of hydrogen-bond donors (Lipinski definition) is 2. The van der Waals surface area contributed by atoms with E-state index < -0.39 is 17.2 Å². The van der Waals surface area contributed by atoms with Crippen LogP contribution in [0.3, 0.4) is 0 Å². The van der Waals surface area contributed by atoms with E-state index in [4.69, 9.17) is 10.5 Å². The minimum Gasteiger partial charge on any atom is -0.492 e. The fourth-order valence-corrected chi connectivity index (χ4v) is 3.97. The van der Waals surface area contributed by atoms with Crippen LogP contribution in [-0.4, -0.2) is 41.9 Å². The molecule has 0 radical (unpaired) electrons. The summed E-state index contributed by atoms with van der Waals surface area (Å²) in [5.74, 6) is -1.61. The molecule has 1 aliphatic carbocycles. The highest BCUT2D eigenvalue weighted by molar-refractivity contribution is 5.99. The van der Waals surface area contributed by atoms with E-state index in [9.17, 15) is 14.7 Å².